The summed E-state index contributed by atoms with van der Waals surface area (Å²) in [7, 11) is 1.88. The van der Waals surface area contributed by atoms with Gasteiger partial charge in [0.05, 0.1) is 24.3 Å². The highest BCUT2D eigenvalue weighted by molar-refractivity contribution is 5.94. The van der Waals surface area contributed by atoms with Gasteiger partial charge in [-0.05, 0) is 39.1 Å². The predicted molar refractivity (Wildman–Crippen MR) is 78.4 cm³/mol. The number of hydrogen-bond donors (Lipinski definition) is 1. The molecule has 1 aromatic rings. The number of nitrogens with zero attached hydrogens (tertiary/aromatic N) is 2. The molecule has 0 aliphatic carbocycles. The van der Waals surface area contributed by atoms with Gasteiger partial charge in [-0.2, -0.15) is 5.26 Å². The lowest BCUT2D eigenvalue weighted by atomic mass is 10.2. The van der Waals surface area contributed by atoms with Crippen LogP contribution >= 0.6 is 0 Å². The number of benzene rings is 1. The van der Waals surface area contributed by atoms with Crippen LogP contribution in [0.25, 0.3) is 0 Å². The van der Waals surface area contributed by atoms with Gasteiger partial charge >= 0.3 is 0 Å². The van der Waals surface area contributed by atoms with Crippen molar-refractivity contribution < 1.29 is 9.53 Å². The van der Waals surface area contributed by atoms with Crippen LogP contribution in [0.5, 0.6) is 0 Å². The van der Waals surface area contributed by atoms with Crippen molar-refractivity contribution >= 4 is 11.6 Å². The molecule has 1 amide bonds. The van der Waals surface area contributed by atoms with E-state index in [1.165, 1.54) is 0 Å². The zero-order chi connectivity index (χ0) is 15.0. The van der Waals surface area contributed by atoms with Gasteiger partial charge in [-0.25, -0.2) is 0 Å². The Balaban J connectivity index is 2.54. The highest BCUT2D eigenvalue weighted by atomic mass is 16.5. The molecule has 108 valence electrons. The average molecular weight is 275 g/mol. The summed E-state index contributed by atoms with van der Waals surface area (Å²) < 4.78 is 5.27. The first kappa shape index (κ1) is 16.2. The summed E-state index contributed by atoms with van der Waals surface area (Å²) in [5.41, 5.74) is 1.17. The number of nitriles is 1. The van der Waals surface area contributed by atoms with Crippen LogP contribution in [0.1, 0.15) is 19.4 Å². The van der Waals surface area contributed by atoms with E-state index in [1.807, 2.05) is 31.9 Å². The lowest BCUT2D eigenvalue weighted by Gasteiger charge is -2.23. The fourth-order valence-electron chi connectivity index (χ4n) is 1.66. The molecule has 5 heteroatoms. The van der Waals surface area contributed by atoms with Crippen molar-refractivity contribution in [2.24, 2.45) is 0 Å². The van der Waals surface area contributed by atoms with Gasteiger partial charge in [0.1, 0.15) is 0 Å². The first-order valence-corrected chi connectivity index (χ1v) is 6.67. The largest absolute Gasteiger partial charge is 0.380 e. The van der Waals surface area contributed by atoms with E-state index in [0.29, 0.717) is 31.0 Å². The standard InChI is InChI=1S/C15H21N3O2/c1-4-20-9-8-18(3)12(2)15(19)17-14-7-5-6-13(10-14)11-16/h5-7,10,12H,4,8-9H2,1-3H3,(H,17,19). The second-order valence-corrected chi connectivity index (χ2v) is 4.54. The third-order valence-corrected chi connectivity index (χ3v) is 3.09. The van der Waals surface area contributed by atoms with E-state index in [0.717, 1.165) is 0 Å². The first-order valence-electron chi connectivity index (χ1n) is 6.67. The molecule has 0 spiro atoms. The maximum absolute atomic E-state index is 12.1. The van der Waals surface area contributed by atoms with Crippen molar-refractivity contribution in [3.63, 3.8) is 0 Å². The second-order valence-electron chi connectivity index (χ2n) is 4.54. The van der Waals surface area contributed by atoms with Crippen molar-refractivity contribution in [2.75, 3.05) is 32.1 Å². The third-order valence-electron chi connectivity index (χ3n) is 3.09. The van der Waals surface area contributed by atoms with E-state index >= 15 is 0 Å². The van der Waals surface area contributed by atoms with E-state index in [2.05, 4.69) is 5.32 Å². The minimum absolute atomic E-state index is 0.0981. The topological polar surface area (TPSA) is 65.4 Å². The maximum atomic E-state index is 12.1. The van der Waals surface area contributed by atoms with E-state index in [1.54, 1.807) is 24.3 Å². The number of nitrogens with one attached hydrogen (secondary N) is 1. The summed E-state index contributed by atoms with van der Waals surface area (Å²) in [6, 6.07) is 8.66. The normalized spacial score (nSPS) is 11.9. The molecule has 0 aromatic heterocycles. The molecular weight excluding hydrogens is 254 g/mol. The van der Waals surface area contributed by atoms with Gasteiger partial charge < -0.3 is 10.1 Å². The van der Waals surface area contributed by atoms with Crippen LogP contribution in [0, 0.1) is 11.3 Å². The summed E-state index contributed by atoms with van der Waals surface area (Å²) in [6.07, 6.45) is 0. The Morgan fingerprint density at radius 2 is 2.30 bits per heavy atom. The summed E-state index contributed by atoms with van der Waals surface area (Å²) in [5.74, 6) is -0.0981. The SMILES string of the molecule is CCOCCN(C)C(C)C(=O)Nc1cccc(C#N)c1. The zero-order valence-corrected chi connectivity index (χ0v) is 12.2. The van der Waals surface area contributed by atoms with Gasteiger partial charge in [-0.1, -0.05) is 6.07 Å². The molecule has 0 aliphatic rings. The van der Waals surface area contributed by atoms with E-state index in [-0.39, 0.29) is 11.9 Å². The van der Waals surface area contributed by atoms with Crippen molar-refractivity contribution in [1.82, 2.24) is 4.90 Å². The molecule has 20 heavy (non-hydrogen) atoms. The van der Waals surface area contributed by atoms with Gasteiger partial charge in [0.15, 0.2) is 0 Å². The molecule has 0 saturated carbocycles. The van der Waals surface area contributed by atoms with Crippen molar-refractivity contribution in [1.29, 1.82) is 5.26 Å². The molecule has 0 aliphatic heterocycles. The van der Waals surface area contributed by atoms with Crippen molar-refractivity contribution in [2.45, 2.75) is 19.9 Å². The average Bonchev–Trinajstić information content (AvgIpc) is 2.46. The molecule has 0 radical (unpaired) electrons. The predicted octanol–water partition coefficient (Wildman–Crippen LogP) is 1.85. The van der Waals surface area contributed by atoms with E-state index in [4.69, 9.17) is 10.00 Å². The fourth-order valence-corrected chi connectivity index (χ4v) is 1.66. The lowest BCUT2D eigenvalue weighted by molar-refractivity contribution is -0.120. The minimum Gasteiger partial charge on any atom is -0.380 e. The number of likely N-dealkylation sites (N-methyl/N-ethyl adjacent to an activating group) is 1. The smallest absolute Gasteiger partial charge is 0.241 e. The molecule has 1 aromatic carbocycles. The number of anilines is 1. The van der Waals surface area contributed by atoms with Gasteiger partial charge in [0.2, 0.25) is 5.91 Å². The Labute approximate surface area is 120 Å². The van der Waals surface area contributed by atoms with E-state index < -0.39 is 0 Å². The Kier molecular flexibility index (Phi) is 6.71. The summed E-state index contributed by atoms with van der Waals surface area (Å²) >= 11 is 0. The van der Waals surface area contributed by atoms with Crippen LogP contribution < -0.4 is 5.32 Å². The summed E-state index contributed by atoms with van der Waals surface area (Å²) in [6.45, 7) is 5.76. The van der Waals surface area contributed by atoms with Crippen LogP contribution in [-0.4, -0.2) is 43.7 Å². The Morgan fingerprint density at radius 1 is 1.55 bits per heavy atom. The maximum Gasteiger partial charge on any atom is 0.241 e. The molecule has 1 atom stereocenters. The highest BCUT2D eigenvalue weighted by Gasteiger charge is 2.17. The van der Waals surface area contributed by atoms with Crippen molar-refractivity contribution in [3.8, 4) is 6.07 Å². The van der Waals surface area contributed by atoms with Gasteiger partial charge in [0, 0.05) is 18.8 Å². The summed E-state index contributed by atoms with van der Waals surface area (Å²) in [4.78, 5) is 14.0. The zero-order valence-electron chi connectivity index (χ0n) is 12.2. The number of carbonyl (C=O) groups is 1. The molecule has 5 nitrogen and oxygen atoms in total. The van der Waals surface area contributed by atoms with Crippen LogP contribution in [0.15, 0.2) is 24.3 Å². The third kappa shape index (κ3) is 5.00. The van der Waals surface area contributed by atoms with Crippen LogP contribution in [0.4, 0.5) is 5.69 Å². The molecule has 0 heterocycles. The van der Waals surface area contributed by atoms with Gasteiger partial charge in [-0.15, -0.1) is 0 Å². The monoisotopic (exact) mass is 275 g/mol. The molecule has 1 N–H and O–H groups in total. The second kappa shape index (κ2) is 8.31. The van der Waals surface area contributed by atoms with Crippen molar-refractivity contribution in [3.05, 3.63) is 29.8 Å². The number of rotatable bonds is 7. The fraction of sp³-hybridized carbons (Fsp3) is 0.467. The Morgan fingerprint density at radius 3 is 2.95 bits per heavy atom. The molecule has 0 fully saturated rings. The molecule has 0 saturated heterocycles. The quantitative estimate of drug-likeness (QED) is 0.771. The lowest BCUT2D eigenvalue weighted by Crippen LogP contribution is -2.41. The molecular formula is C15H21N3O2. The van der Waals surface area contributed by atoms with E-state index in [9.17, 15) is 4.79 Å². The van der Waals surface area contributed by atoms with Crippen LogP contribution in [0.2, 0.25) is 0 Å². The first-order chi connectivity index (χ1) is 9.58. The minimum atomic E-state index is -0.263. The summed E-state index contributed by atoms with van der Waals surface area (Å²) in [5, 5.41) is 11.6. The van der Waals surface area contributed by atoms with Crippen LogP contribution in [-0.2, 0) is 9.53 Å². The number of hydrogen-bond acceptors (Lipinski definition) is 4. The van der Waals surface area contributed by atoms with Gasteiger partial charge in [-0.3, -0.25) is 9.69 Å². The molecule has 0 bridgehead atoms. The molecule has 1 rings (SSSR count). The van der Waals surface area contributed by atoms with Gasteiger partial charge in [0.25, 0.3) is 0 Å². The molecule has 1 unspecified atom stereocenters. The van der Waals surface area contributed by atoms with Crippen LogP contribution in [0.3, 0.4) is 0 Å². The number of ether oxygens (including phenoxy) is 1. The number of carbonyl (C=O) groups excluding carboxylic acids is 1. The number of amides is 1. The highest BCUT2D eigenvalue weighted by Crippen LogP contribution is 2.11. The Bertz CT molecular complexity index is 482. The Hall–Kier alpha value is -1.90.